The predicted octanol–water partition coefficient (Wildman–Crippen LogP) is 2.38. The van der Waals surface area contributed by atoms with Crippen LogP contribution in [0.3, 0.4) is 0 Å². The molecule has 0 saturated carbocycles. The van der Waals surface area contributed by atoms with Crippen LogP contribution in [-0.2, 0) is 9.59 Å². The Morgan fingerprint density at radius 3 is 2.63 bits per heavy atom. The molecule has 0 bridgehead atoms. The lowest BCUT2D eigenvalue weighted by molar-refractivity contribution is -0.120. The maximum absolute atomic E-state index is 12.1. The van der Waals surface area contributed by atoms with E-state index in [4.69, 9.17) is 4.74 Å². The van der Waals surface area contributed by atoms with Gasteiger partial charge in [-0.1, -0.05) is 24.8 Å². The highest BCUT2D eigenvalue weighted by molar-refractivity contribution is 6.31. The van der Waals surface area contributed by atoms with Crippen LogP contribution in [0.15, 0.2) is 42.5 Å². The van der Waals surface area contributed by atoms with Crippen LogP contribution in [0, 0.1) is 6.92 Å². The number of hydrogen-bond acceptors (Lipinski definition) is 3. The normalized spacial score (nSPS) is 14.6. The van der Waals surface area contributed by atoms with Crippen LogP contribution < -0.4 is 9.64 Å². The molecule has 0 unspecified atom stereocenters. The van der Waals surface area contributed by atoms with Crippen molar-refractivity contribution in [1.82, 2.24) is 0 Å². The Balaban J connectivity index is 2.47. The topological polar surface area (TPSA) is 46.6 Å². The van der Waals surface area contributed by atoms with E-state index in [-0.39, 0.29) is 11.8 Å². The molecule has 4 nitrogen and oxygen atoms in total. The predicted molar refractivity (Wildman–Crippen MR) is 73.1 cm³/mol. The number of carbonyl (C=O) groups is 2. The number of para-hydroxylation sites is 1. The highest BCUT2D eigenvalue weighted by atomic mass is 16.5. The van der Waals surface area contributed by atoms with E-state index in [2.05, 4.69) is 6.58 Å². The summed E-state index contributed by atoms with van der Waals surface area (Å²) in [6.45, 7) is 7.37. The summed E-state index contributed by atoms with van der Waals surface area (Å²) in [6.07, 6.45) is 2.95. The van der Waals surface area contributed by atoms with Crippen LogP contribution >= 0.6 is 0 Å². The number of nitrogens with zero attached hydrogens (tertiary/aromatic N) is 1. The zero-order valence-electron chi connectivity index (χ0n) is 11.0. The van der Waals surface area contributed by atoms with Crippen molar-refractivity contribution in [3.8, 4) is 5.75 Å². The van der Waals surface area contributed by atoms with Gasteiger partial charge in [0.25, 0.3) is 11.8 Å². The number of benzene rings is 1. The lowest BCUT2D eigenvalue weighted by atomic mass is 10.1. The molecular formula is C15H15NO3. The number of aryl methyl sites for hydroxylation is 1. The highest BCUT2D eigenvalue weighted by Crippen LogP contribution is 2.35. The average Bonchev–Trinajstić information content (AvgIpc) is 2.62. The fourth-order valence-electron chi connectivity index (χ4n) is 1.98. The molecule has 0 aromatic heterocycles. The summed E-state index contributed by atoms with van der Waals surface area (Å²) in [5.41, 5.74) is 1.75. The van der Waals surface area contributed by atoms with Crippen molar-refractivity contribution in [1.29, 1.82) is 0 Å². The maximum Gasteiger partial charge on any atom is 0.261 e. The second-order valence-electron chi connectivity index (χ2n) is 4.33. The third-order valence-electron chi connectivity index (χ3n) is 2.88. The summed E-state index contributed by atoms with van der Waals surface area (Å²) in [4.78, 5) is 25.1. The number of amides is 2. The molecule has 1 heterocycles. The van der Waals surface area contributed by atoms with Gasteiger partial charge in [0.2, 0.25) is 0 Å². The van der Waals surface area contributed by atoms with Gasteiger partial charge in [-0.25, -0.2) is 4.90 Å². The summed E-state index contributed by atoms with van der Waals surface area (Å²) in [7, 11) is 0. The average molecular weight is 257 g/mol. The second-order valence-corrected chi connectivity index (χ2v) is 4.33. The van der Waals surface area contributed by atoms with Gasteiger partial charge in [0.05, 0.1) is 5.69 Å². The first-order chi connectivity index (χ1) is 9.06. The molecule has 1 aromatic carbocycles. The molecule has 0 saturated heterocycles. The van der Waals surface area contributed by atoms with E-state index in [9.17, 15) is 9.59 Å². The van der Waals surface area contributed by atoms with E-state index in [0.29, 0.717) is 23.6 Å². The van der Waals surface area contributed by atoms with Crippen molar-refractivity contribution < 1.29 is 14.3 Å². The molecule has 1 aromatic rings. The van der Waals surface area contributed by atoms with Gasteiger partial charge < -0.3 is 4.74 Å². The highest BCUT2D eigenvalue weighted by Gasteiger charge is 2.32. The van der Waals surface area contributed by atoms with Crippen molar-refractivity contribution in [2.24, 2.45) is 0 Å². The lowest BCUT2D eigenvalue weighted by Gasteiger charge is -2.20. The maximum atomic E-state index is 12.1. The Labute approximate surface area is 112 Å². The molecule has 98 valence electrons. The SMILES string of the molecule is C=CCOc1cccc(C)c1N1C(=O)C=C(C)C1=O. The summed E-state index contributed by atoms with van der Waals surface area (Å²) in [5, 5.41) is 0. The van der Waals surface area contributed by atoms with Gasteiger partial charge in [-0.15, -0.1) is 0 Å². The molecule has 0 fully saturated rings. The molecule has 1 aliphatic heterocycles. The second kappa shape index (κ2) is 5.10. The van der Waals surface area contributed by atoms with Crippen LogP contribution in [0.4, 0.5) is 5.69 Å². The molecule has 0 atom stereocenters. The quantitative estimate of drug-likeness (QED) is 0.614. The zero-order chi connectivity index (χ0) is 14.0. The van der Waals surface area contributed by atoms with Gasteiger partial charge in [0.15, 0.2) is 0 Å². The molecule has 2 rings (SSSR count). The minimum atomic E-state index is -0.333. The Hall–Kier alpha value is -2.36. The third kappa shape index (κ3) is 2.29. The molecule has 0 N–H and O–H groups in total. The molecule has 0 aliphatic carbocycles. The van der Waals surface area contributed by atoms with Gasteiger partial charge in [-0.2, -0.15) is 0 Å². The molecular weight excluding hydrogens is 242 g/mol. The van der Waals surface area contributed by atoms with Crippen molar-refractivity contribution in [3.05, 3.63) is 48.1 Å². The fourth-order valence-corrected chi connectivity index (χ4v) is 1.98. The summed E-state index contributed by atoms with van der Waals surface area (Å²) < 4.78 is 5.52. The monoisotopic (exact) mass is 257 g/mol. The van der Waals surface area contributed by atoms with E-state index in [0.717, 1.165) is 10.5 Å². The molecule has 0 radical (unpaired) electrons. The smallest absolute Gasteiger partial charge is 0.261 e. The van der Waals surface area contributed by atoms with Gasteiger partial charge in [-0.3, -0.25) is 9.59 Å². The summed E-state index contributed by atoms with van der Waals surface area (Å²) in [6, 6.07) is 5.40. The largest absolute Gasteiger partial charge is 0.487 e. The first kappa shape index (κ1) is 13.1. The lowest BCUT2D eigenvalue weighted by Crippen LogP contribution is -2.31. The minimum Gasteiger partial charge on any atom is -0.487 e. The molecule has 0 spiro atoms. The van der Waals surface area contributed by atoms with Crippen LogP contribution in [0.25, 0.3) is 0 Å². The Morgan fingerprint density at radius 1 is 1.32 bits per heavy atom. The van der Waals surface area contributed by atoms with Crippen LogP contribution in [0.2, 0.25) is 0 Å². The van der Waals surface area contributed by atoms with Crippen molar-refractivity contribution >= 4 is 17.5 Å². The Kier molecular flexibility index (Phi) is 3.51. The van der Waals surface area contributed by atoms with Crippen molar-refractivity contribution in [2.75, 3.05) is 11.5 Å². The molecule has 4 heteroatoms. The van der Waals surface area contributed by atoms with Crippen LogP contribution in [-0.4, -0.2) is 18.4 Å². The fraction of sp³-hybridized carbons (Fsp3) is 0.200. The molecule has 19 heavy (non-hydrogen) atoms. The van der Waals surface area contributed by atoms with Gasteiger partial charge in [0.1, 0.15) is 12.4 Å². The number of anilines is 1. The van der Waals surface area contributed by atoms with Gasteiger partial charge in [0, 0.05) is 11.6 Å². The Morgan fingerprint density at radius 2 is 2.05 bits per heavy atom. The van der Waals surface area contributed by atoms with Crippen molar-refractivity contribution in [3.63, 3.8) is 0 Å². The number of carbonyl (C=O) groups excluding carboxylic acids is 2. The number of hydrogen-bond donors (Lipinski definition) is 0. The first-order valence-corrected chi connectivity index (χ1v) is 5.96. The third-order valence-corrected chi connectivity index (χ3v) is 2.88. The van der Waals surface area contributed by atoms with Crippen molar-refractivity contribution in [2.45, 2.75) is 13.8 Å². The molecule has 1 aliphatic rings. The van der Waals surface area contributed by atoms with E-state index >= 15 is 0 Å². The van der Waals surface area contributed by atoms with Crippen LogP contribution in [0.5, 0.6) is 5.75 Å². The summed E-state index contributed by atoms with van der Waals surface area (Å²) >= 11 is 0. The summed E-state index contributed by atoms with van der Waals surface area (Å²) in [5.74, 6) is -0.132. The van der Waals surface area contributed by atoms with Crippen LogP contribution in [0.1, 0.15) is 12.5 Å². The minimum absolute atomic E-state index is 0.303. The zero-order valence-corrected chi connectivity index (χ0v) is 11.0. The number of imide groups is 1. The van der Waals surface area contributed by atoms with Gasteiger partial charge >= 0.3 is 0 Å². The van der Waals surface area contributed by atoms with Gasteiger partial charge in [-0.05, 0) is 25.5 Å². The first-order valence-electron chi connectivity index (χ1n) is 5.96. The van der Waals surface area contributed by atoms with E-state index in [1.807, 2.05) is 19.1 Å². The standard InChI is InChI=1S/C15H15NO3/c1-4-8-19-12-7-5-6-10(2)14(12)16-13(17)9-11(3)15(16)18/h4-7,9H,1,8H2,2-3H3. The van der Waals surface area contributed by atoms with E-state index < -0.39 is 0 Å². The molecule has 2 amide bonds. The number of rotatable bonds is 4. The van der Waals surface area contributed by atoms with E-state index in [1.165, 1.54) is 6.08 Å². The number of ether oxygens (including phenoxy) is 1. The van der Waals surface area contributed by atoms with E-state index in [1.54, 1.807) is 19.1 Å². The Bertz CT molecular complexity index is 587.